The molecule has 1 aliphatic rings. The number of hydrogen-bond acceptors (Lipinski definition) is 4. The van der Waals surface area contributed by atoms with Crippen LogP contribution in [0.2, 0.25) is 5.02 Å². The molecule has 0 unspecified atom stereocenters. The number of hydrogen-bond donors (Lipinski definition) is 3. The Balaban J connectivity index is 1.51. The number of benzene rings is 3. The minimum absolute atomic E-state index is 0.243. The van der Waals surface area contributed by atoms with Gasteiger partial charge in [0.15, 0.2) is 0 Å². The van der Waals surface area contributed by atoms with Crippen molar-refractivity contribution in [2.75, 3.05) is 11.4 Å². The number of rotatable bonds is 10. The third-order valence-electron chi connectivity index (χ3n) is 6.55. The van der Waals surface area contributed by atoms with Crippen molar-refractivity contribution >= 4 is 35.0 Å². The molecular formula is C29H31ClN4O3. The summed E-state index contributed by atoms with van der Waals surface area (Å²) in [6, 6.07) is 24.0. The maximum atomic E-state index is 13.5. The van der Waals surface area contributed by atoms with E-state index >= 15 is 0 Å². The number of amides is 3. The second-order valence-electron chi connectivity index (χ2n) is 9.24. The van der Waals surface area contributed by atoms with E-state index < -0.39 is 29.9 Å². The molecule has 1 aliphatic heterocycles. The molecule has 3 aromatic rings. The van der Waals surface area contributed by atoms with Gasteiger partial charge < -0.3 is 21.3 Å². The average Bonchev–Trinajstić information content (AvgIpc) is 3.39. The molecule has 0 saturated carbocycles. The number of nitrogens with two attached hydrogens (primary N) is 1. The van der Waals surface area contributed by atoms with Gasteiger partial charge in [0.2, 0.25) is 17.7 Å². The third kappa shape index (κ3) is 7.11. The zero-order valence-corrected chi connectivity index (χ0v) is 21.2. The lowest BCUT2D eigenvalue weighted by Gasteiger charge is -2.28. The topological polar surface area (TPSA) is 105 Å². The maximum absolute atomic E-state index is 13.5. The Labute approximate surface area is 222 Å². The Morgan fingerprint density at radius 1 is 0.865 bits per heavy atom. The highest BCUT2D eigenvalue weighted by Gasteiger charge is 2.34. The lowest BCUT2D eigenvalue weighted by Crippen LogP contribution is -2.56. The van der Waals surface area contributed by atoms with Crippen LogP contribution in [0.25, 0.3) is 0 Å². The van der Waals surface area contributed by atoms with Crippen LogP contribution >= 0.6 is 11.6 Å². The first-order valence-electron chi connectivity index (χ1n) is 12.4. The first kappa shape index (κ1) is 26.2. The van der Waals surface area contributed by atoms with Crippen molar-refractivity contribution in [2.45, 2.75) is 43.8 Å². The van der Waals surface area contributed by atoms with Crippen molar-refractivity contribution in [3.63, 3.8) is 0 Å². The summed E-state index contributed by atoms with van der Waals surface area (Å²) in [5.74, 6) is -1.33. The molecule has 0 radical (unpaired) electrons. The molecule has 8 heteroatoms. The molecule has 3 aromatic carbocycles. The lowest BCUT2D eigenvalue weighted by atomic mass is 10.0. The van der Waals surface area contributed by atoms with E-state index in [1.807, 2.05) is 83.8 Å². The molecule has 3 amide bonds. The number of nitrogens with one attached hydrogen (secondary N) is 2. The first-order chi connectivity index (χ1) is 17.9. The van der Waals surface area contributed by atoms with Crippen molar-refractivity contribution in [3.8, 4) is 0 Å². The van der Waals surface area contributed by atoms with Crippen molar-refractivity contribution in [3.05, 3.63) is 101 Å². The number of primary amides is 1. The summed E-state index contributed by atoms with van der Waals surface area (Å²) in [7, 11) is 0. The summed E-state index contributed by atoms with van der Waals surface area (Å²) in [5.41, 5.74) is 8.25. The molecule has 4 rings (SSSR count). The molecule has 1 heterocycles. The molecule has 1 fully saturated rings. The molecular weight excluding hydrogens is 488 g/mol. The molecule has 192 valence electrons. The second kappa shape index (κ2) is 12.4. The Bertz CT molecular complexity index is 1220. The highest BCUT2D eigenvalue weighted by Crippen LogP contribution is 2.28. The summed E-state index contributed by atoms with van der Waals surface area (Å²) in [6.07, 6.45) is 2.05. The number of nitrogens with zero attached hydrogens (tertiary/aromatic N) is 1. The van der Waals surface area contributed by atoms with Gasteiger partial charge in [-0.2, -0.15) is 0 Å². The van der Waals surface area contributed by atoms with Crippen LogP contribution in [0.5, 0.6) is 0 Å². The highest BCUT2D eigenvalue weighted by atomic mass is 35.5. The van der Waals surface area contributed by atoms with Crippen molar-refractivity contribution < 1.29 is 14.4 Å². The van der Waals surface area contributed by atoms with Crippen molar-refractivity contribution in [2.24, 2.45) is 5.73 Å². The minimum atomic E-state index is -0.903. The van der Waals surface area contributed by atoms with Gasteiger partial charge in [-0.3, -0.25) is 14.4 Å². The van der Waals surface area contributed by atoms with Crippen LogP contribution in [0.3, 0.4) is 0 Å². The van der Waals surface area contributed by atoms with E-state index in [2.05, 4.69) is 10.6 Å². The summed E-state index contributed by atoms with van der Waals surface area (Å²) < 4.78 is 0. The molecule has 4 N–H and O–H groups in total. The Morgan fingerprint density at radius 3 is 2.08 bits per heavy atom. The van der Waals surface area contributed by atoms with Gasteiger partial charge in [-0.1, -0.05) is 78.3 Å². The van der Waals surface area contributed by atoms with E-state index in [1.54, 1.807) is 6.07 Å². The average molecular weight is 519 g/mol. The summed E-state index contributed by atoms with van der Waals surface area (Å²) in [5, 5.41) is 6.32. The molecule has 3 atom stereocenters. The predicted molar refractivity (Wildman–Crippen MR) is 145 cm³/mol. The Hall–Kier alpha value is -3.84. The van der Waals surface area contributed by atoms with Gasteiger partial charge in [0.05, 0.1) is 0 Å². The van der Waals surface area contributed by atoms with Gasteiger partial charge in [0.1, 0.15) is 18.1 Å². The predicted octanol–water partition coefficient (Wildman–Crippen LogP) is 3.25. The largest absolute Gasteiger partial charge is 0.368 e. The molecule has 37 heavy (non-hydrogen) atoms. The smallest absolute Gasteiger partial charge is 0.243 e. The van der Waals surface area contributed by atoms with E-state index in [0.717, 1.165) is 29.8 Å². The number of carbonyl (C=O) groups excluding carboxylic acids is 3. The second-order valence-corrected chi connectivity index (χ2v) is 9.67. The van der Waals surface area contributed by atoms with Crippen LogP contribution in [-0.2, 0) is 27.2 Å². The molecule has 0 bridgehead atoms. The van der Waals surface area contributed by atoms with Crippen molar-refractivity contribution in [1.29, 1.82) is 0 Å². The van der Waals surface area contributed by atoms with Crippen LogP contribution in [0.15, 0.2) is 84.9 Å². The van der Waals surface area contributed by atoms with E-state index in [-0.39, 0.29) is 18.7 Å². The quantitative estimate of drug-likeness (QED) is 0.383. The van der Waals surface area contributed by atoms with Gasteiger partial charge >= 0.3 is 0 Å². The normalized spacial score (nSPS) is 16.6. The zero-order chi connectivity index (χ0) is 26.2. The summed E-state index contributed by atoms with van der Waals surface area (Å²) in [6.45, 7) is 0.717. The van der Waals surface area contributed by atoms with E-state index in [9.17, 15) is 14.4 Å². The fourth-order valence-corrected chi connectivity index (χ4v) is 4.86. The molecule has 0 spiro atoms. The van der Waals surface area contributed by atoms with Gasteiger partial charge in [-0.05, 0) is 42.2 Å². The zero-order valence-electron chi connectivity index (χ0n) is 20.5. The monoisotopic (exact) mass is 518 g/mol. The Morgan fingerprint density at radius 2 is 1.49 bits per heavy atom. The number of anilines is 1. The van der Waals surface area contributed by atoms with Gasteiger partial charge in [0, 0.05) is 30.1 Å². The lowest BCUT2D eigenvalue weighted by molar-refractivity contribution is -0.131. The maximum Gasteiger partial charge on any atom is 0.243 e. The minimum Gasteiger partial charge on any atom is -0.368 e. The van der Waals surface area contributed by atoms with E-state index in [1.165, 1.54) is 0 Å². The molecule has 1 saturated heterocycles. The van der Waals surface area contributed by atoms with Gasteiger partial charge in [0.25, 0.3) is 0 Å². The Kier molecular flexibility index (Phi) is 8.80. The fraction of sp³-hybridized carbons (Fsp3) is 0.276. The van der Waals surface area contributed by atoms with Gasteiger partial charge in [-0.25, -0.2) is 0 Å². The fourth-order valence-electron chi connectivity index (χ4n) is 4.67. The third-order valence-corrected chi connectivity index (χ3v) is 6.79. The first-order valence-corrected chi connectivity index (χ1v) is 12.8. The highest BCUT2D eigenvalue weighted by molar-refractivity contribution is 6.30. The standard InChI is InChI=1S/C29H31ClN4O3/c30-22-13-7-14-23(19-22)34-16-8-15-26(34)29(37)33-25(18-21-11-5-2-6-12-21)28(36)32-24(27(31)35)17-20-9-3-1-4-10-20/h1-7,9-14,19,24-26H,8,15-18H2,(H2,31,35)(H,32,36)(H,33,37)/t24-,25-,26-/m0/s1. The van der Waals surface area contributed by atoms with E-state index in [4.69, 9.17) is 17.3 Å². The number of halogens is 1. The van der Waals surface area contributed by atoms with Crippen LogP contribution in [0.1, 0.15) is 24.0 Å². The summed E-state index contributed by atoms with van der Waals surface area (Å²) in [4.78, 5) is 41.1. The van der Waals surface area contributed by atoms with Crippen LogP contribution < -0.4 is 21.3 Å². The molecule has 0 aromatic heterocycles. The molecule has 0 aliphatic carbocycles. The summed E-state index contributed by atoms with van der Waals surface area (Å²) >= 11 is 6.18. The van der Waals surface area contributed by atoms with Crippen molar-refractivity contribution in [1.82, 2.24) is 10.6 Å². The van der Waals surface area contributed by atoms with Gasteiger partial charge in [-0.15, -0.1) is 0 Å². The van der Waals surface area contributed by atoms with Crippen LogP contribution in [-0.4, -0.2) is 42.4 Å². The van der Waals surface area contributed by atoms with Crippen LogP contribution in [0, 0.1) is 0 Å². The van der Waals surface area contributed by atoms with E-state index in [0.29, 0.717) is 11.4 Å². The number of carbonyl (C=O) groups is 3. The molecule has 7 nitrogen and oxygen atoms in total. The SMILES string of the molecule is NC(=O)[C@H](Cc1ccccc1)NC(=O)[C@H](Cc1ccccc1)NC(=O)[C@@H]1CCCN1c1cccc(Cl)c1. The van der Waals surface area contributed by atoms with Crippen LogP contribution in [0.4, 0.5) is 5.69 Å².